The van der Waals surface area contributed by atoms with Gasteiger partial charge in [-0.1, -0.05) is 48.5 Å². The number of hydrogen-bond acceptors (Lipinski definition) is 2. The number of anilines is 2. The van der Waals surface area contributed by atoms with Crippen molar-refractivity contribution < 1.29 is 4.79 Å². The van der Waals surface area contributed by atoms with Gasteiger partial charge >= 0.3 is 0 Å². The highest BCUT2D eigenvalue weighted by Gasteiger charge is 2.05. The first-order chi connectivity index (χ1) is 11.3. The molecule has 23 heavy (non-hydrogen) atoms. The Balaban J connectivity index is 1.59. The maximum absolute atomic E-state index is 12.2. The lowest BCUT2D eigenvalue weighted by molar-refractivity contribution is 0.0951. The predicted molar refractivity (Wildman–Crippen MR) is 93.8 cm³/mol. The number of carbonyl (C=O) groups is 1. The molecule has 0 aromatic heterocycles. The molecule has 0 saturated carbocycles. The van der Waals surface area contributed by atoms with Gasteiger partial charge in [0.25, 0.3) is 5.91 Å². The standard InChI is InChI=1S/C20H18N2O/c23-20(21-15-16-7-3-1-4-8-16)17-11-13-19(14-12-17)22-18-9-5-2-6-10-18/h1-14,22H,15H2,(H,21,23). The molecular formula is C20H18N2O. The molecule has 0 heterocycles. The van der Waals surface area contributed by atoms with Crippen LogP contribution in [0.5, 0.6) is 0 Å². The van der Waals surface area contributed by atoms with Crippen LogP contribution in [0.25, 0.3) is 0 Å². The quantitative estimate of drug-likeness (QED) is 0.735. The number of hydrogen-bond donors (Lipinski definition) is 2. The SMILES string of the molecule is O=C(NCc1ccccc1)c1ccc(Nc2ccccc2)cc1. The van der Waals surface area contributed by atoms with Crippen LogP contribution >= 0.6 is 0 Å². The molecule has 1 amide bonds. The zero-order valence-corrected chi connectivity index (χ0v) is 12.7. The van der Waals surface area contributed by atoms with E-state index < -0.39 is 0 Å². The Hall–Kier alpha value is -3.07. The van der Waals surface area contributed by atoms with Gasteiger partial charge in [0, 0.05) is 23.5 Å². The average molecular weight is 302 g/mol. The van der Waals surface area contributed by atoms with Crippen LogP contribution in [0.2, 0.25) is 0 Å². The molecule has 0 bridgehead atoms. The smallest absolute Gasteiger partial charge is 0.251 e. The van der Waals surface area contributed by atoms with Crippen LogP contribution in [0.1, 0.15) is 15.9 Å². The highest BCUT2D eigenvalue weighted by atomic mass is 16.1. The van der Waals surface area contributed by atoms with Gasteiger partial charge in [0.2, 0.25) is 0 Å². The van der Waals surface area contributed by atoms with E-state index >= 15 is 0 Å². The topological polar surface area (TPSA) is 41.1 Å². The highest BCUT2D eigenvalue weighted by molar-refractivity contribution is 5.94. The van der Waals surface area contributed by atoms with Gasteiger partial charge < -0.3 is 10.6 Å². The summed E-state index contributed by atoms with van der Waals surface area (Å²) in [5.74, 6) is -0.0693. The molecule has 0 unspecified atom stereocenters. The minimum absolute atomic E-state index is 0.0693. The second-order valence-electron chi connectivity index (χ2n) is 5.24. The maximum atomic E-state index is 12.2. The minimum atomic E-state index is -0.0693. The van der Waals surface area contributed by atoms with E-state index in [9.17, 15) is 4.79 Å². The molecule has 2 N–H and O–H groups in total. The average Bonchev–Trinajstić information content (AvgIpc) is 2.62. The van der Waals surface area contributed by atoms with Crippen LogP contribution in [0, 0.1) is 0 Å². The number of nitrogens with one attached hydrogen (secondary N) is 2. The number of benzene rings is 3. The lowest BCUT2D eigenvalue weighted by Gasteiger charge is -2.08. The number of rotatable bonds is 5. The first-order valence-corrected chi connectivity index (χ1v) is 7.55. The van der Waals surface area contributed by atoms with E-state index in [1.807, 2.05) is 84.9 Å². The van der Waals surface area contributed by atoms with Crippen molar-refractivity contribution in [1.29, 1.82) is 0 Å². The molecule has 0 saturated heterocycles. The van der Waals surface area contributed by atoms with Crippen molar-refractivity contribution >= 4 is 17.3 Å². The van der Waals surface area contributed by atoms with E-state index in [1.165, 1.54) is 0 Å². The van der Waals surface area contributed by atoms with Crippen molar-refractivity contribution in [2.45, 2.75) is 6.54 Å². The summed E-state index contributed by atoms with van der Waals surface area (Å²) in [5, 5.41) is 6.22. The van der Waals surface area contributed by atoms with E-state index in [-0.39, 0.29) is 5.91 Å². The van der Waals surface area contributed by atoms with Crippen LogP contribution < -0.4 is 10.6 Å². The number of amides is 1. The summed E-state index contributed by atoms with van der Waals surface area (Å²) in [4.78, 5) is 12.2. The molecular weight excluding hydrogens is 284 g/mol. The van der Waals surface area contributed by atoms with Crippen LogP contribution in [0.3, 0.4) is 0 Å². The van der Waals surface area contributed by atoms with E-state index in [4.69, 9.17) is 0 Å². The zero-order chi connectivity index (χ0) is 15.9. The predicted octanol–water partition coefficient (Wildman–Crippen LogP) is 4.36. The fourth-order valence-electron chi connectivity index (χ4n) is 2.27. The van der Waals surface area contributed by atoms with Crippen molar-refractivity contribution in [3.8, 4) is 0 Å². The van der Waals surface area contributed by atoms with E-state index in [1.54, 1.807) is 0 Å². The van der Waals surface area contributed by atoms with E-state index in [0.717, 1.165) is 16.9 Å². The van der Waals surface area contributed by atoms with Crippen molar-refractivity contribution in [2.75, 3.05) is 5.32 Å². The summed E-state index contributed by atoms with van der Waals surface area (Å²) in [6.45, 7) is 0.531. The van der Waals surface area contributed by atoms with Gasteiger partial charge in [0.1, 0.15) is 0 Å². The number of para-hydroxylation sites is 1. The van der Waals surface area contributed by atoms with Gasteiger partial charge in [-0.25, -0.2) is 0 Å². The van der Waals surface area contributed by atoms with Crippen LogP contribution in [0.15, 0.2) is 84.9 Å². The summed E-state index contributed by atoms with van der Waals surface area (Å²) in [6, 6.07) is 27.3. The normalized spacial score (nSPS) is 10.1. The molecule has 0 aliphatic carbocycles. The molecule has 0 aliphatic rings. The van der Waals surface area contributed by atoms with E-state index in [0.29, 0.717) is 12.1 Å². The molecule has 3 heteroatoms. The third-order valence-electron chi connectivity index (χ3n) is 3.51. The molecule has 0 atom stereocenters. The molecule has 0 spiro atoms. The second-order valence-corrected chi connectivity index (χ2v) is 5.24. The first kappa shape index (κ1) is 14.9. The summed E-state index contributed by atoms with van der Waals surface area (Å²) >= 11 is 0. The minimum Gasteiger partial charge on any atom is -0.356 e. The molecule has 0 aliphatic heterocycles. The Morgan fingerprint density at radius 3 is 1.91 bits per heavy atom. The summed E-state index contributed by atoms with van der Waals surface area (Å²) < 4.78 is 0. The third kappa shape index (κ3) is 4.20. The summed E-state index contributed by atoms with van der Waals surface area (Å²) in [5.41, 5.74) is 3.72. The van der Waals surface area contributed by atoms with Crippen molar-refractivity contribution in [1.82, 2.24) is 5.32 Å². The van der Waals surface area contributed by atoms with Gasteiger partial charge in [-0.15, -0.1) is 0 Å². The van der Waals surface area contributed by atoms with Gasteiger partial charge in [-0.3, -0.25) is 4.79 Å². The zero-order valence-electron chi connectivity index (χ0n) is 12.7. The lowest BCUT2D eigenvalue weighted by atomic mass is 10.1. The molecule has 0 fully saturated rings. The van der Waals surface area contributed by atoms with Crippen molar-refractivity contribution in [3.63, 3.8) is 0 Å². The third-order valence-corrected chi connectivity index (χ3v) is 3.51. The number of carbonyl (C=O) groups excluding carboxylic acids is 1. The largest absolute Gasteiger partial charge is 0.356 e. The molecule has 114 valence electrons. The first-order valence-electron chi connectivity index (χ1n) is 7.55. The van der Waals surface area contributed by atoms with E-state index in [2.05, 4.69) is 10.6 Å². The lowest BCUT2D eigenvalue weighted by Crippen LogP contribution is -2.22. The summed E-state index contributed by atoms with van der Waals surface area (Å²) in [6.07, 6.45) is 0. The summed E-state index contributed by atoms with van der Waals surface area (Å²) in [7, 11) is 0. The molecule has 3 nitrogen and oxygen atoms in total. The monoisotopic (exact) mass is 302 g/mol. The van der Waals surface area contributed by atoms with Crippen LogP contribution in [-0.4, -0.2) is 5.91 Å². The molecule has 3 aromatic carbocycles. The van der Waals surface area contributed by atoms with Crippen molar-refractivity contribution in [3.05, 3.63) is 96.1 Å². The fourth-order valence-corrected chi connectivity index (χ4v) is 2.27. The Kier molecular flexibility index (Phi) is 4.69. The Morgan fingerprint density at radius 1 is 0.696 bits per heavy atom. The van der Waals surface area contributed by atoms with Crippen LogP contribution in [0.4, 0.5) is 11.4 Å². The Morgan fingerprint density at radius 2 is 1.26 bits per heavy atom. The Labute approximate surface area is 136 Å². The molecule has 3 aromatic rings. The van der Waals surface area contributed by atoms with Gasteiger partial charge in [-0.05, 0) is 42.0 Å². The molecule has 0 radical (unpaired) electrons. The second kappa shape index (κ2) is 7.27. The van der Waals surface area contributed by atoms with Gasteiger partial charge in [-0.2, -0.15) is 0 Å². The van der Waals surface area contributed by atoms with Crippen molar-refractivity contribution in [2.24, 2.45) is 0 Å². The molecule has 3 rings (SSSR count). The fraction of sp³-hybridized carbons (Fsp3) is 0.0500. The van der Waals surface area contributed by atoms with Gasteiger partial charge in [0.05, 0.1) is 0 Å². The maximum Gasteiger partial charge on any atom is 0.251 e. The highest BCUT2D eigenvalue weighted by Crippen LogP contribution is 2.16. The van der Waals surface area contributed by atoms with Crippen LogP contribution in [-0.2, 0) is 6.54 Å². The van der Waals surface area contributed by atoms with Gasteiger partial charge in [0.15, 0.2) is 0 Å². The Bertz CT molecular complexity index is 753.